The van der Waals surface area contributed by atoms with E-state index < -0.39 is 15.8 Å². The monoisotopic (exact) mass is 847 g/mol. The molecule has 2 unspecified atom stereocenters. The SMILES string of the molecule is C1=CC2CCCC2C=C1.[C-]#Cc1ccccc1.[Ru+2].c1ccc(P(c2ccccc2)c2ccccc2)cc1.c1ccc(P(c2ccccc2)c2ccccc2)cc1. The van der Waals surface area contributed by atoms with E-state index in [0.29, 0.717) is 0 Å². The molecule has 1 saturated carbocycles. The van der Waals surface area contributed by atoms with Crippen molar-refractivity contribution in [2.24, 2.45) is 11.8 Å². The second-order valence-electron chi connectivity index (χ2n) is 13.2. The molecule has 0 spiro atoms. The van der Waals surface area contributed by atoms with Crippen LogP contribution < -0.4 is 31.8 Å². The Labute approximate surface area is 350 Å². The molecular formula is C53H47P2Ru+. The van der Waals surface area contributed by atoms with E-state index in [2.05, 4.69) is 212 Å². The summed E-state index contributed by atoms with van der Waals surface area (Å²) in [4.78, 5) is 0. The Balaban J connectivity index is 0.000000151. The van der Waals surface area contributed by atoms with Gasteiger partial charge in [-0.1, -0.05) is 231 Å². The standard InChI is InChI=1S/2C18H15P.C9H12.C8H5.Ru/c2*1-4-10-16(11-5-1)19(17-12-6-2-7-13-17)18-14-8-3-9-15-18;1-2-5-9-7-3-6-8(9)4-1;1-2-8-6-4-3-5-7-8;/h2*1-15H;1-2,4-5,8-9H,3,6-7H2;3-7H;/q;;;-1;+2. The molecule has 7 aromatic rings. The van der Waals surface area contributed by atoms with Gasteiger partial charge in [-0.15, -0.1) is 17.7 Å². The molecule has 0 saturated heterocycles. The van der Waals surface area contributed by atoms with Crippen LogP contribution in [0.15, 0.2) is 237 Å². The van der Waals surface area contributed by atoms with Crippen LogP contribution in [0.25, 0.3) is 0 Å². The van der Waals surface area contributed by atoms with Gasteiger partial charge in [-0.05, 0) is 72.3 Å². The second-order valence-corrected chi connectivity index (χ2v) is 17.6. The van der Waals surface area contributed by atoms with Crippen molar-refractivity contribution in [3.63, 3.8) is 0 Å². The van der Waals surface area contributed by atoms with Gasteiger partial charge in [-0.3, -0.25) is 5.92 Å². The first-order chi connectivity index (χ1) is 27.3. The molecule has 0 radical (unpaired) electrons. The number of benzene rings is 7. The Bertz CT molecular complexity index is 1860. The van der Waals surface area contributed by atoms with Gasteiger partial charge in [0.25, 0.3) is 0 Å². The van der Waals surface area contributed by atoms with E-state index in [4.69, 9.17) is 6.42 Å². The van der Waals surface area contributed by atoms with Crippen molar-refractivity contribution in [2.75, 3.05) is 0 Å². The summed E-state index contributed by atoms with van der Waals surface area (Å²) in [5.74, 6) is 4.07. The molecule has 0 aromatic heterocycles. The first-order valence-electron chi connectivity index (χ1n) is 19.0. The van der Waals surface area contributed by atoms with Gasteiger partial charge in [-0.25, -0.2) is 0 Å². The molecule has 0 heterocycles. The molecule has 276 valence electrons. The van der Waals surface area contributed by atoms with Gasteiger partial charge in [0.15, 0.2) is 0 Å². The molecule has 0 N–H and O–H groups in total. The van der Waals surface area contributed by atoms with E-state index in [1.54, 1.807) is 0 Å². The quantitative estimate of drug-likeness (QED) is 0.0677. The number of allylic oxidation sites excluding steroid dienone is 4. The third-order valence-electron chi connectivity index (χ3n) is 9.46. The Morgan fingerprint density at radius 3 is 0.804 bits per heavy atom. The van der Waals surface area contributed by atoms with Gasteiger partial charge in [0, 0.05) is 0 Å². The average Bonchev–Trinajstić information content (AvgIpc) is 3.77. The van der Waals surface area contributed by atoms with Gasteiger partial charge < -0.3 is 6.42 Å². The molecule has 0 bridgehead atoms. The summed E-state index contributed by atoms with van der Waals surface area (Å²) in [6.45, 7) is 0. The summed E-state index contributed by atoms with van der Waals surface area (Å²) < 4.78 is 0. The third-order valence-corrected chi connectivity index (χ3v) is 14.3. The molecule has 0 aliphatic heterocycles. The summed E-state index contributed by atoms with van der Waals surface area (Å²) in [6, 6.07) is 74.0. The topological polar surface area (TPSA) is 0 Å². The molecule has 2 aliphatic rings. The minimum atomic E-state index is -0.446. The smallest absolute Gasteiger partial charge is 0.366 e. The van der Waals surface area contributed by atoms with Crippen LogP contribution in [0.2, 0.25) is 0 Å². The zero-order valence-corrected chi connectivity index (χ0v) is 35.1. The zero-order valence-electron chi connectivity index (χ0n) is 31.5. The number of hydrogen-bond donors (Lipinski definition) is 0. The van der Waals surface area contributed by atoms with E-state index in [9.17, 15) is 0 Å². The summed E-state index contributed by atoms with van der Waals surface area (Å²) >= 11 is 0. The molecular weight excluding hydrogens is 800 g/mol. The van der Waals surface area contributed by atoms with E-state index in [1.807, 2.05) is 30.3 Å². The normalized spacial score (nSPS) is 14.6. The fraction of sp³-hybridized carbons (Fsp3) is 0.0943. The van der Waals surface area contributed by atoms with E-state index in [1.165, 1.54) is 51.1 Å². The minimum Gasteiger partial charge on any atom is -0.366 e. The average molecular weight is 847 g/mol. The van der Waals surface area contributed by atoms with Gasteiger partial charge in [0.1, 0.15) is 0 Å². The molecule has 7 aromatic carbocycles. The van der Waals surface area contributed by atoms with Crippen LogP contribution in [0.5, 0.6) is 0 Å². The van der Waals surface area contributed by atoms with Crippen LogP contribution in [-0.4, -0.2) is 0 Å². The van der Waals surface area contributed by atoms with Crippen LogP contribution in [0.4, 0.5) is 0 Å². The summed E-state index contributed by atoms with van der Waals surface area (Å²) in [5.41, 5.74) is 0.826. The molecule has 0 amide bonds. The van der Waals surface area contributed by atoms with Crippen LogP contribution in [0, 0.1) is 24.2 Å². The molecule has 3 heteroatoms. The van der Waals surface area contributed by atoms with Crippen LogP contribution >= 0.6 is 15.8 Å². The Morgan fingerprint density at radius 1 is 0.357 bits per heavy atom. The van der Waals surface area contributed by atoms with Crippen molar-refractivity contribution in [2.45, 2.75) is 19.3 Å². The number of rotatable bonds is 6. The van der Waals surface area contributed by atoms with Gasteiger partial charge in [-0.2, -0.15) is 0 Å². The summed E-state index contributed by atoms with van der Waals surface area (Å²) in [6.07, 6.45) is 20.1. The van der Waals surface area contributed by atoms with Crippen LogP contribution in [0.1, 0.15) is 24.8 Å². The van der Waals surface area contributed by atoms with E-state index >= 15 is 0 Å². The van der Waals surface area contributed by atoms with E-state index in [0.717, 1.165) is 17.4 Å². The maximum atomic E-state index is 6.69. The van der Waals surface area contributed by atoms with Gasteiger partial charge >= 0.3 is 19.5 Å². The predicted molar refractivity (Wildman–Crippen MR) is 242 cm³/mol. The molecule has 1 fully saturated rings. The molecule has 0 nitrogen and oxygen atoms in total. The maximum Gasteiger partial charge on any atom is 2.00 e. The minimum absolute atomic E-state index is 0. The van der Waals surface area contributed by atoms with Crippen molar-refractivity contribution in [3.8, 4) is 5.92 Å². The predicted octanol–water partition coefficient (Wildman–Crippen LogP) is 11.0. The van der Waals surface area contributed by atoms with Crippen LogP contribution in [-0.2, 0) is 19.5 Å². The third kappa shape index (κ3) is 12.8. The van der Waals surface area contributed by atoms with Gasteiger partial charge in [0.2, 0.25) is 0 Å². The fourth-order valence-corrected chi connectivity index (χ4v) is 11.4. The Kier molecular flexibility index (Phi) is 18.0. The number of fused-ring (bicyclic) bond motifs is 1. The zero-order chi connectivity index (χ0) is 37.8. The summed E-state index contributed by atoms with van der Waals surface area (Å²) in [7, 11) is -0.892. The van der Waals surface area contributed by atoms with Crippen molar-refractivity contribution in [1.29, 1.82) is 0 Å². The summed E-state index contributed by atoms with van der Waals surface area (Å²) in [5, 5.41) is 8.39. The second kappa shape index (κ2) is 23.9. The molecule has 2 atom stereocenters. The maximum absolute atomic E-state index is 6.69. The van der Waals surface area contributed by atoms with Crippen LogP contribution in [0.3, 0.4) is 0 Å². The van der Waals surface area contributed by atoms with Crippen molar-refractivity contribution in [1.82, 2.24) is 0 Å². The first kappa shape index (κ1) is 42.2. The Morgan fingerprint density at radius 2 is 0.589 bits per heavy atom. The largest absolute Gasteiger partial charge is 2.00 e. The molecule has 9 rings (SSSR count). The fourth-order valence-electron chi connectivity index (χ4n) is 6.79. The van der Waals surface area contributed by atoms with Crippen molar-refractivity contribution in [3.05, 3.63) is 249 Å². The van der Waals surface area contributed by atoms with Gasteiger partial charge in [0.05, 0.1) is 0 Å². The van der Waals surface area contributed by atoms with E-state index in [-0.39, 0.29) is 19.5 Å². The molecule has 56 heavy (non-hydrogen) atoms. The molecule has 2 aliphatic carbocycles. The first-order valence-corrected chi connectivity index (χ1v) is 21.7. The van der Waals surface area contributed by atoms with Crippen molar-refractivity contribution < 1.29 is 19.5 Å². The van der Waals surface area contributed by atoms with Crippen molar-refractivity contribution >= 4 is 47.7 Å². The number of hydrogen-bond acceptors (Lipinski definition) is 0. The Hall–Kier alpha value is -4.94.